The predicted molar refractivity (Wildman–Crippen MR) is 106 cm³/mol. The molecule has 1 saturated carbocycles. The molecule has 2 heterocycles. The Morgan fingerprint density at radius 2 is 2.07 bits per heavy atom. The Hall–Kier alpha value is -2.80. The van der Waals surface area contributed by atoms with E-state index in [0.29, 0.717) is 22.3 Å². The Morgan fingerprint density at radius 3 is 2.85 bits per heavy atom. The van der Waals surface area contributed by atoms with Crippen molar-refractivity contribution in [3.8, 4) is 0 Å². The number of urea groups is 1. The van der Waals surface area contributed by atoms with Gasteiger partial charge in [-0.1, -0.05) is 36.6 Å². The molecule has 0 radical (unpaired) electrons. The van der Waals surface area contributed by atoms with Crippen LogP contribution in [0.1, 0.15) is 37.3 Å². The van der Waals surface area contributed by atoms with E-state index in [2.05, 4.69) is 20.7 Å². The maximum absolute atomic E-state index is 12.7. The van der Waals surface area contributed by atoms with Gasteiger partial charge in [-0.05, 0) is 48.6 Å². The van der Waals surface area contributed by atoms with Crippen molar-refractivity contribution in [2.45, 2.75) is 31.7 Å². The lowest BCUT2D eigenvalue weighted by molar-refractivity contribution is 0.242. The maximum Gasteiger partial charge on any atom is 0.319 e. The molecule has 4 N–H and O–H groups in total. The van der Waals surface area contributed by atoms with Gasteiger partial charge < -0.3 is 16.4 Å². The molecule has 0 spiro atoms. The van der Waals surface area contributed by atoms with Crippen molar-refractivity contribution in [1.29, 1.82) is 0 Å². The number of nitrogens with one attached hydrogen (secondary N) is 2. The molecular formula is C19H21ClN6O. The SMILES string of the molecule is Nc1nc2ccc(NC(=O)N[C@H](c3cccc(Cl)c3)C3CCCC3)cn2n1. The van der Waals surface area contributed by atoms with Gasteiger partial charge in [-0.25, -0.2) is 9.31 Å². The topological polar surface area (TPSA) is 97.3 Å². The molecule has 7 nitrogen and oxygen atoms in total. The standard InChI is InChI=1S/C19H21ClN6O/c20-14-7-3-6-13(10-14)17(12-4-1-2-5-12)24-19(27)22-15-8-9-16-23-18(21)25-26(16)11-15/h3,6-12,17H,1-2,4-5H2,(H2,21,25)(H2,22,24,27)/t17-/m0/s1. The quantitative estimate of drug-likeness (QED) is 0.632. The molecule has 2 amide bonds. The number of nitrogens with two attached hydrogens (primary N) is 1. The van der Waals surface area contributed by atoms with Crippen LogP contribution in [0.2, 0.25) is 5.02 Å². The fraction of sp³-hybridized carbons (Fsp3) is 0.316. The number of hydrogen-bond acceptors (Lipinski definition) is 4. The Labute approximate surface area is 161 Å². The molecule has 2 aromatic heterocycles. The molecule has 0 unspecified atom stereocenters. The van der Waals surface area contributed by atoms with Gasteiger partial charge >= 0.3 is 6.03 Å². The summed E-state index contributed by atoms with van der Waals surface area (Å²) < 4.78 is 1.54. The molecule has 27 heavy (non-hydrogen) atoms. The third-order valence-electron chi connectivity index (χ3n) is 4.97. The van der Waals surface area contributed by atoms with Crippen molar-refractivity contribution in [3.63, 3.8) is 0 Å². The number of aromatic nitrogens is 3. The fourth-order valence-corrected chi connectivity index (χ4v) is 3.95. The number of carbonyl (C=O) groups is 1. The van der Waals surface area contributed by atoms with E-state index in [-0.39, 0.29) is 18.0 Å². The second kappa shape index (κ2) is 7.44. The van der Waals surface area contributed by atoms with Crippen molar-refractivity contribution in [2.24, 2.45) is 5.92 Å². The average molecular weight is 385 g/mol. The molecule has 3 aromatic rings. The van der Waals surface area contributed by atoms with E-state index in [4.69, 9.17) is 17.3 Å². The molecule has 8 heteroatoms. The molecule has 1 aromatic carbocycles. The summed E-state index contributed by atoms with van der Waals surface area (Å²) in [6.45, 7) is 0. The van der Waals surface area contributed by atoms with E-state index < -0.39 is 0 Å². The molecule has 140 valence electrons. The monoisotopic (exact) mass is 384 g/mol. The number of benzene rings is 1. The van der Waals surface area contributed by atoms with Gasteiger partial charge in [0, 0.05) is 5.02 Å². The van der Waals surface area contributed by atoms with Gasteiger partial charge in [0.15, 0.2) is 5.65 Å². The summed E-state index contributed by atoms with van der Waals surface area (Å²) in [5, 5.41) is 10.7. The minimum atomic E-state index is -0.265. The van der Waals surface area contributed by atoms with E-state index in [1.54, 1.807) is 18.3 Å². The van der Waals surface area contributed by atoms with Crippen LogP contribution in [-0.2, 0) is 0 Å². The van der Waals surface area contributed by atoms with Crippen LogP contribution in [0, 0.1) is 5.92 Å². The van der Waals surface area contributed by atoms with E-state index >= 15 is 0 Å². The Balaban J connectivity index is 1.51. The minimum Gasteiger partial charge on any atom is -0.366 e. The van der Waals surface area contributed by atoms with Gasteiger partial charge in [-0.2, -0.15) is 4.98 Å². The summed E-state index contributed by atoms with van der Waals surface area (Å²) in [5.74, 6) is 0.602. The first-order valence-corrected chi connectivity index (χ1v) is 9.41. The van der Waals surface area contributed by atoms with E-state index in [1.165, 1.54) is 17.4 Å². The first-order chi connectivity index (χ1) is 13.1. The van der Waals surface area contributed by atoms with Crippen LogP contribution in [0.25, 0.3) is 5.65 Å². The van der Waals surface area contributed by atoms with Crippen LogP contribution in [0.3, 0.4) is 0 Å². The lowest BCUT2D eigenvalue weighted by Gasteiger charge is -2.25. The first kappa shape index (κ1) is 17.6. The molecule has 4 rings (SSSR count). The number of rotatable bonds is 4. The van der Waals surface area contributed by atoms with Crippen LogP contribution in [0.4, 0.5) is 16.4 Å². The van der Waals surface area contributed by atoms with Gasteiger partial charge in [0.05, 0.1) is 17.9 Å². The Morgan fingerprint density at radius 1 is 1.26 bits per heavy atom. The largest absolute Gasteiger partial charge is 0.366 e. The molecule has 1 atom stereocenters. The number of carbonyl (C=O) groups excluding carboxylic acids is 1. The average Bonchev–Trinajstić information content (AvgIpc) is 3.28. The third-order valence-corrected chi connectivity index (χ3v) is 5.21. The number of hydrogen-bond donors (Lipinski definition) is 3. The smallest absolute Gasteiger partial charge is 0.319 e. The minimum absolute atomic E-state index is 0.0723. The highest BCUT2D eigenvalue weighted by atomic mass is 35.5. The molecule has 0 saturated heterocycles. The number of fused-ring (bicyclic) bond motifs is 1. The van der Waals surface area contributed by atoms with Gasteiger partial charge in [0.25, 0.3) is 0 Å². The zero-order valence-electron chi connectivity index (χ0n) is 14.7. The lowest BCUT2D eigenvalue weighted by atomic mass is 9.92. The summed E-state index contributed by atoms with van der Waals surface area (Å²) >= 11 is 6.17. The highest BCUT2D eigenvalue weighted by Crippen LogP contribution is 2.36. The highest BCUT2D eigenvalue weighted by molar-refractivity contribution is 6.30. The van der Waals surface area contributed by atoms with Gasteiger partial charge in [-0.3, -0.25) is 0 Å². The van der Waals surface area contributed by atoms with Gasteiger partial charge in [0.2, 0.25) is 5.95 Å². The Kier molecular flexibility index (Phi) is 4.85. The van der Waals surface area contributed by atoms with Crippen LogP contribution in [0.5, 0.6) is 0 Å². The third kappa shape index (κ3) is 3.98. The van der Waals surface area contributed by atoms with Crippen molar-refractivity contribution in [1.82, 2.24) is 19.9 Å². The van der Waals surface area contributed by atoms with E-state index in [0.717, 1.165) is 18.4 Å². The zero-order valence-corrected chi connectivity index (χ0v) is 15.5. The second-order valence-electron chi connectivity index (χ2n) is 6.87. The lowest BCUT2D eigenvalue weighted by Crippen LogP contribution is -2.36. The second-order valence-corrected chi connectivity index (χ2v) is 7.30. The summed E-state index contributed by atoms with van der Waals surface area (Å²) in [6.07, 6.45) is 6.26. The van der Waals surface area contributed by atoms with Crippen molar-refractivity contribution in [3.05, 3.63) is 53.2 Å². The first-order valence-electron chi connectivity index (χ1n) is 9.03. The molecule has 1 fully saturated rings. The molecule has 0 aliphatic heterocycles. The summed E-state index contributed by atoms with van der Waals surface area (Å²) in [4.78, 5) is 16.7. The van der Waals surface area contributed by atoms with Gasteiger partial charge in [0.1, 0.15) is 0 Å². The number of nitrogen functional groups attached to an aromatic ring is 1. The molecule has 1 aliphatic carbocycles. The van der Waals surface area contributed by atoms with Crippen molar-refractivity contribution >= 4 is 34.9 Å². The predicted octanol–water partition coefficient (Wildman–Crippen LogP) is 4.02. The Bertz CT molecular complexity index is 966. The van der Waals surface area contributed by atoms with Crippen LogP contribution in [-0.4, -0.2) is 20.6 Å². The van der Waals surface area contributed by atoms with Crippen LogP contribution < -0.4 is 16.4 Å². The number of amides is 2. The van der Waals surface area contributed by atoms with Gasteiger partial charge in [-0.15, -0.1) is 5.10 Å². The van der Waals surface area contributed by atoms with Crippen molar-refractivity contribution < 1.29 is 4.79 Å². The summed E-state index contributed by atoms with van der Waals surface area (Å²) in [6, 6.07) is 10.9. The summed E-state index contributed by atoms with van der Waals surface area (Å²) in [7, 11) is 0. The number of anilines is 2. The maximum atomic E-state index is 12.7. The number of halogens is 1. The number of nitrogens with zero attached hydrogens (tertiary/aromatic N) is 3. The molecule has 0 bridgehead atoms. The molecular weight excluding hydrogens is 364 g/mol. The van der Waals surface area contributed by atoms with E-state index in [9.17, 15) is 4.79 Å². The zero-order chi connectivity index (χ0) is 18.8. The van der Waals surface area contributed by atoms with E-state index in [1.807, 2.05) is 24.3 Å². The highest BCUT2D eigenvalue weighted by Gasteiger charge is 2.28. The summed E-state index contributed by atoms with van der Waals surface area (Å²) in [5.41, 5.74) is 7.87. The van der Waals surface area contributed by atoms with Crippen molar-refractivity contribution in [2.75, 3.05) is 11.1 Å². The fourth-order valence-electron chi connectivity index (χ4n) is 3.75. The normalized spacial score (nSPS) is 15.7. The molecule has 1 aliphatic rings. The van der Waals surface area contributed by atoms with Crippen LogP contribution in [0.15, 0.2) is 42.6 Å². The van der Waals surface area contributed by atoms with Crippen LogP contribution >= 0.6 is 11.6 Å². The number of pyridine rings is 1.